The summed E-state index contributed by atoms with van der Waals surface area (Å²) in [5, 5.41) is 9.05. The Bertz CT molecular complexity index is 792. The lowest BCUT2D eigenvalue weighted by Gasteiger charge is -2.08. The van der Waals surface area contributed by atoms with Gasteiger partial charge in [0.25, 0.3) is 10.0 Å². The van der Waals surface area contributed by atoms with Crippen molar-refractivity contribution < 1.29 is 18.3 Å². The zero-order chi connectivity index (χ0) is 15.8. The summed E-state index contributed by atoms with van der Waals surface area (Å²) >= 11 is 6.83. The summed E-state index contributed by atoms with van der Waals surface area (Å²) in [7, 11) is -3.78. The lowest BCUT2D eigenvalue weighted by molar-refractivity contribution is 0.0696. The molecule has 1 aromatic carbocycles. The second-order valence-corrected chi connectivity index (χ2v) is 8.03. The average molecular weight is 346 g/mol. The molecule has 0 radical (unpaired) electrons. The van der Waals surface area contributed by atoms with E-state index in [0.29, 0.717) is 15.5 Å². The van der Waals surface area contributed by atoms with Crippen molar-refractivity contribution >= 4 is 44.6 Å². The van der Waals surface area contributed by atoms with Crippen LogP contribution in [0.4, 0.5) is 5.69 Å². The highest BCUT2D eigenvalue weighted by atomic mass is 35.5. The third-order valence-electron chi connectivity index (χ3n) is 2.82. The van der Waals surface area contributed by atoms with E-state index in [1.807, 2.05) is 0 Å². The summed E-state index contributed by atoms with van der Waals surface area (Å²) < 4.78 is 27.3. The largest absolute Gasteiger partial charge is 0.478 e. The van der Waals surface area contributed by atoms with E-state index in [1.165, 1.54) is 18.2 Å². The molecule has 0 amide bonds. The number of halogens is 1. The van der Waals surface area contributed by atoms with E-state index in [1.54, 1.807) is 19.9 Å². The molecule has 1 aromatic heterocycles. The number of hydrogen-bond acceptors (Lipinski definition) is 4. The number of hydrogen-bond donors (Lipinski definition) is 2. The first kappa shape index (κ1) is 15.8. The van der Waals surface area contributed by atoms with Crippen LogP contribution >= 0.6 is 22.9 Å². The van der Waals surface area contributed by atoms with E-state index in [9.17, 15) is 13.2 Å². The van der Waals surface area contributed by atoms with Gasteiger partial charge in [0, 0.05) is 5.69 Å². The molecule has 0 aliphatic heterocycles. The highest BCUT2D eigenvalue weighted by molar-refractivity contribution is 7.94. The zero-order valence-corrected chi connectivity index (χ0v) is 13.6. The molecule has 0 saturated carbocycles. The smallest absolute Gasteiger partial charge is 0.336 e. The second kappa shape index (κ2) is 5.67. The molecule has 0 unspecified atom stereocenters. The lowest BCUT2D eigenvalue weighted by Crippen LogP contribution is -2.12. The summed E-state index contributed by atoms with van der Waals surface area (Å²) in [5.74, 6) is -1.11. The van der Waals surface area contributed by atoms with Crippen molar-refractivity contribution in [2.24, 2.45) is 0 Å². The Hall–Kier alpha value is -1.57. The Labute approximate surface area is 131 Å². The van der Waals surface area contributed by atoms with E-state index in [4.69, 9.17) is 16.7 Å². The van der Waals surface area contributed by atoms with E-state index in [-0.39, 0.29) is 15.5 Å². The van der Waals surface area contributed by atoms with Gasteiger partial charge in [-0.15, -0.1) is 11.3 Å². The van der Waals surface area contributed by atoms with Crippen LogP contribution in [0.15, 0.2) is 28.5 Å². The topological polar surface area (TPSA) is 83.5 Å². The number of carboxylic acid groups (broad SMARTS) is 1. The van der Waals surface area contributed by atoms with Crippen LogP contribution in [-0.4, -0.2) is 19.5 Å². The highest BCUT2D eigenvalue weighted by Crippen LogP contribution is 2.31. The van der Waals surface area contributed by atoms with Gasteiger partial charge in [-0.1, -0.05) is 17.7 Å². The number of nitrogens with one attached hydrogen (secondary N) is 1. The van der Waals surface area contributed by atoms with Gasteiger partial charge in [0.1, 0.15) is 4.21 Å². The third-order valence-corrected chi connectivity index (χ3v) is 6.23. The molecule has 0 bridgehead atoms. The van der Waals surface area contributed by atoms with Crippen molar-refractivity contribution in [1.29, 1.82) is 0 Å². The SMILES string of the molecule is Cc1ccc(NS(=O)(=O)c2cc(C)c(Cl)s2)cc1C(=O)O. The van der Waals surface area contributed by atoms with E-state index in [2.05, 4.69) is 4.72 Å². The Morgan fingerprint density at radius 1 is 1.24 bits per heavy atom. The van der Waals surface area contributed by atoms with Crippen LogP contribution in [0.1, 0.15) is 21.5 Å². The van der Waals surface area contributed by atoms with Crippen LogP contribution in [0.25, 0.3) is 0 Å². The predicted molar refractivity (Wildman–Crippen MR) is 83.0 cm³/mol. The van der Waals surface area contributed by atoms with Gasteiger partial charge in [0.2, 0.25) is 0 Å². The number of rotatable bonds is 4. The van der Waals surface area contributed by atoms with Gasteiger partial charge in [0.15, 0.2) is 0 Å². The van der Waals surface area contributed by atoms with Gasteiger partial charge < -0.3 is 5.11 Å². The summed E-state index contributed by atoms with van der Waals surface area (Å²) in [6.45, 7) is 3.36. The van der Waals surface area contributed by atoms with Crippen molar-refractivity contribution in [3.05, 3.63) is 45.3 Å². The number of carbonyl (C=O) groups is 1. The number of sulfonamides is 1. The van der Waals surface area contributed by atoms with Crippen LogP contribution in [0, 0.1) is 13.8 Å². The maximum absolute atomic E-state index is 12.2. The quantitative estimate of drug-likeness (QED) is 0.888. The second-order valence-electron chi connectivity index (χ2n) is 4.46. The minimum atomic E-state index is -3.78. The maximum Gasteiger partial charge on any atom is 0.336 e. The first-order chi connectivity index (χ1) is 9.70. The number of carboxylic acids is 1. The first-order valence-electron chi connectivity index (χ1n) is 5.83. The average Bonchev–Trinajstić information content (AvgIpc) is 2.72. The van der Waals surface area contributed by atoms with Crippen LogP contribution in [0.3, 0.4) is 0 Å². The summed E-state index contributed by atoms with van der Waals surface area (Å²) in [5.41, 5.74) is 1.48. The molecular formula is C13H12ClNO4S2. The highest BCUT2D eigenvalue weighted by Gasteiger charge is 2.19. The molecule has 2 aromatic rings. The van der Waals surface area contributed by atoms with Gasteiger partial charge in [0.05, 0.1) is 9.90 Å². The first-order valence-corrected chi connectivity index (χ1v) is 8.51. The van der Waals surface area contributed by atoms with Crippen LogP contribution in [-0.2, 0) is 10.0 Å². The fourth-order valence-electron chi connectivity index (χ4n) is 1.69. The molecule has 1 heterocycles. The molecule has 0 fully saturated rings. The monoisotopic (exact) mass is 345 g/mol. The fourth-order valence-corrected chi connectivity index (χ4v) is 4.44. The molecule has 112 valence electrons. The van der Waals surface area contributed by atoms with Crippen LogP contribution in [0.5, 0.6) is 0 Å². The number of anilines is 1. The zero-order valence-electron chi connectivity index (χ0n) is 11.2. The predicted octanol–water partition coefficient (Wildman–Crippen LogP) is 3.52. The minimum absolute atomic E-state index is 0.0515. The summed E-state index contributed by atoms with van der Waals surface area (Å²) in [4.78, 5) is 11.1. The van der Waals surface area contributed by atoms with Gasteiger partial charge in [-0.2, -0.15) is 0 Å². The molecule has 0 aliphatic carbocycles. The molecule has 2 rings (SSSR count). The molecule has 0 saturated heterocycles. The molecule has 8 heteroatoms. The maximum atomic E-state index is 12.2. The van der Waals surface area contributed by atoms with Crippen molar-refractivity contribution in [3.8, 4) is 0 Å². The number of thiophene rings is 1. The molecule has 2 N–H and O–H groups in total. The van der Waals surface area contributed by atoms with Gasteiger partial charge in [-0.05, 0) is 43.2 Å². The molecule has 0 atom stereocenters. The van der Waals surface area contributed by atoms with Gasteiger partial charge in [-0.25, -0.2) is 13.2 Å². The van der Waals surface area contributed by atoms with E-state index in [0.717, 1.165) is 11.3 Å². The molecule has 0 aliphatic rings. The normalized spacial score (nSPS) is 11.4. The lowest BCUT2D eigenvalue weighted by atomic mass is 10.1. The number of benzene rings is 1. The van der Waals surface area contributed by atoms with E-state index >= 15 is 0 Å². The molecule has 0 spiro atoms. The standard InChI is InChI=1S/C13H12ClNO4S2/c1-7-3-4-9(6-10(7)13(16)17)15-21(18,19)11-5-8(2)12(14)20-11/h3-6,15H,1-2H3,(H,16,17). The third kappa shape index (κ3) is 3.37. The number of aromatic carboxylic acids is 1. The Kier molecular flexibility index (Phi) is 4.27. The fraction of sp³-hybridized carbons (Fsp3) is 0.154. The van der Waals surface area contributed by atoms with Crippen molar-refractivity contribution in [2.75, 3.05) is 4.72 Å². The van der Waals surface area contributed by atoms with Crippen LogP contribution in [0.2, 0.25) is 4.34 Å². The molecule has 5 nitrogen and oxygen atoms in total. The minimum Gasteiger partial charge on any atom is -0.478 e. The Morgan fingerprint density at radius 3 is 2.43 bits per heavy atom. The van der Waals surface area contributed by atoms with Gasteiger partial charge >= 0.3 is 5.97 Å². The van der Waals surface area contributed by atoms with Crippen molar-refractivity contribution in [3.63, 3.8) is 0 Å². The Morgan fingerprint density at radius 2 is 1.90 bits per heavy atom. The number of aryl methyl sites for hydroxylation is 2. The summed E-state index contributed by atoms with van der Waals surface area (Å²) in [6, 6.07) is 5.83. The Balaban J connectivity index is 2.37. The van der Waals surface area contributed by atoms with Gasteiger partial charge in [-0.3, -0.25) is 4.72 Å². The van der Waals surface area contributed by atoms with Crippen molar-refractivity contribution in [1.82, 2.24) is 0 Å². The molecule has 21 heavy (non-hydrogen) atoms. The summed E-state index contributed by atoms with van der Waals surface area (Å²) in [6.07, 6.45) is 0. The van der Waals surface area contributed by atoms with Crippen LogP contribution < -0.4 is 4.72 Å². The van der Waals surface area contributed by atoms with Crippen molar-refractivity contribution in [2.45, 2.75) is 18.1 Å². The van der Waals surface area contributed by atoms with E-state index < -0.39 is 16.0 Å². The molecular weight excluding hydrogens is 334 g/mol.